The Kier molecular flexibility index (Phi) is 6.72. The molecule has 1 N–H and O–H groups in total. The summed E-state index contributed by atoms with van der Waals surface area (Å²) in [6, 6.07) is 12.7. The van der Waals surface area contributed by atoms with Gasteiger partial charge in [-0.1, -0.05) is 57.0 Å². The Morgan fingerprint density at radius 1 is 1.14 bits per heavy atom. The summed E-state index contributed by atoms with van der Waals surface area (Å²) >= 11 is 0. The zero-order chi connectivity index (χ0) is 15.1. The Bertz CT molecular complexity index is 384. The Balaban J connectivity index is 2.13. The fraction of sp³-hybridized carbons (Fsp3) is 0.684. The molecule has 2 nitrogen and oxygen atoms in total. The molecule has 2 heteroatoms. The molecule has 2 rings (SSSR count). The van der Waals surface area contributed by atoms with Crippen LogP contribution in [-0.4, -0.2) is 30.1 Å². The van der Waals surface area contributed by atoms with Crippen LogP contribution in [-0.2, 0) is 0 Å². The molecule has 118 valence electrons. The van der Waals surface area contributed by atoms with Crippen LogP contribution in [0.3, 0.4) is 0 Å². The maximum atomic E-state index is 3.78. The molecule has 2 atom stereocenters. The minimum absolute atomic E-state index is 0.437. The van der Waals surface area contributed by atoms with Crippen LogP contribution in [0.5, 0.6) is 0 Å². The van der Waals surface area contributed by atoms with Crippen LogP contribution in [0.4, 0.5) is 0 Å². The van der Waals surface area contributed by atoms with Gasteiger partial charge in [0.1, 0.15) is 0 Å². The van der Waals surface area contributed by atoms with Gasteiger partial charge in [0, 0.05) is 18.1 Å². The smallest absolute Gasteiger partial charge is 0.0475 e. The van der Waals surface area contributed by atoms with E-state index in [1.165, 1.54) is 37.7 Å². The van der Waals surface area contributed by atoms with E-state index in [-0.39, 0.29) is 0 Å². The van der Waals surface area contributed by atoms with Gasteiger partial charge in [0.15, 0.2) is 0 Å². The number of rotatable bonds is 8. The fourth-order valence-electron chi connectivity index (χ4n) is 3.83. The second kappa shape index (κ2) is 8.55. The van der Waals surface area contributed by atoms with Gasteiger partial charge in [0.25, 0.3) is 0 Å². The molecular weight excluding hydrogens is 256 g/mol. The van der Waals surface area contributed by atoms with Crippen molar-refractivity contribution >= 4 is 0 Å². The van der Waals surface area contributed by atoms with Crippen molar-refractivity contribution in [3.8, 4) is 0 Å². The van der Waals surface area contributed by atoms with Crippen LogP contribution in [0.15, 0.2) is 30.3 Å². The second-order valence-electron chi connectivity index (χ2n) is 6.35. The normalized spacial score (nSPS) is 19.0. The van der Waals surface area contributed by atoms with Crippen molar-refractivity contribution in [2.45, 2.75) is 71.0 Å². The van der Waals surface area contributed by atoms with Crippen molar-refractivity contribution in [1.82, 2.24) is 10.2 Å². The van der Waals surface area contributed by atoms with E-state index in [0.717, 1.165) is 19.1 Å². The molecule has 0 aromatic heterocycles. The predicted molar refractivity (Wildman–Crippen MR) is 91.6 cm³/mol. The minimum atomic E-state index is 0.437. The molecule has 1 aromatic rings. The third kappa shape index (κ3) is 4.31. The number of hydrogen-bond acceptors (Lipinski definition) is 2. The van der Waals surface area contributed by atoms with Gasteiger partial charge in [-0.2, -0.15) is 0 Å². The van der Waals surface area contributed by atoms with Gasteiger partial charge >= 0.3 is 0 Å². The Morgan fingerprint density at radius 2 is 1.81 bits per heavy atom. The van der Waals surface area contributed by atoms with Crippen LogP contribution < -0.4 is 5.32 Å². The number of nitrogens with zero attached hydrogens (tertiary/aromatic N) is 1. The Labute approximate surface area is 130 Å². The van der Waals surface area contributed by atoms with Crippen LogP contribution in [0.1, 0.15) is 64.5 Å². The number of likely N-dealkylation sites (N-methyl/N-ethyl adjacent to an activating group) is 1. The first-order chi connectivity index (χ1) is 10.3. The van der Waals surface area contributed by atoms with Crippen molar-refractivity contribution in [3.05, 3.63) is 35.9 Å². The zero-order valence-electron chi connectivity index (χ0n) is 14.0. The Hall–Kier alpha value is -0.860. The van der Waals surface area contributed by atoms with E-state index >= 15 is 0 Å². The fourth-order valence-corrected chi connectivity index (χ4v) is 3.83. The van der Waals surface area contributed by atoms with Crippen molar-refractivity contribution < 1.29 is 0 Å². The number of nitrogens with one attached hydrogen (secondary N) is 1. The highest BCUT2D eigenvalue weighted by Crippen LogP contribution is 2.29. The maximum absolute atomic E-state index is 3.78. The summed E-state index contributed by atoms with van der Waals surface area (Å²) in [5.74, 6) is 0. The topological polar surface area (TPSA) is 15.3 Å². The molecule has 1 aliphatic rings. The van der Waals surface area contributed by atoms with E-state index in [9.17, 15) is 0 Å². The van der Waals surface area contributed by atoms with Crippen molar-refractivity contribution in [2.75, 3.05) is 13.1 Å². The lowest BCUT2D eigenvalue weighted by Crippen LogP contribution is -2.47. The average molecular weight is 288 g/mol. The molecule has 1 fully saturated rings. The summed E-state index contributed by atoms with van der Waals surface area (Å²) in [6.07, 6.45) is 6.77. The first-order valence-corrected chi connectivity index (χ1v) is 8.82. The van der Waals surface area contributed by atoms with Crippen molar-refractivity contribution in [3.63, 3.8) is 0 Å². The standard InChI is InChI=1S/C19H32N2/c1-4-15-20-19(17-11-7-6-8-12-17)16(3)21(5-2)18-13-9-10-14-18/h6-8,11-12,16,18-20H,4-5,9-10,13-15H2,1-3H3. The largest absolute Gasteiger partial charge is 0.309 e. The lowest BCUT2D eigenvalue weighted by atomic mass is 9.97. The van der Waals surface area contributed by atoms with E-state index in [2.05, 4.69) is 61.3 Å². The molecule has 1 saturated carbocycles. The molecule has 0 saturated heterocycles. The van der Waals surface area contributed by atoms with Gasteiger partial charge in [-0.25, -0.2) is 0 Å². The van der Waals surface area contributed by atoms with E-state index in [0.29, 0.717) is 12.1 Å². The molecule has 0 amide bonds. The number of hydrogen-bond donors (Lipinski definition) is 1. The first kappa shape index (κ1) is 16.5. The van der Waals surface area contributed by atoms with E-state index in [4.69, 9.17) is 0 Å². The Morgan fingerprint density at radius 3 is 2.38 bits per heavy atom. The van der Waals surface area contributed by atoms with Gasteiger partial charge < -0.3 is 5.32 Å². The van der Waals surface area contributed by atoms with Gasteiger partial charge in [-0.15, -0.1) is 0 Å². The second-order valence-corrected chi connectivity index (χ2v) is 6.35. The summed E-state index contributed by atoms with van der Waals surface area (Å²) in [5.41, 5.74) is 1.43. The quantitative estimate of drug-likeness (QED) is 0.763. The first-order valence-electron chi connectivity index (χ1n) is 8.82. The lowest BCUT2D eigenvalue weighted by molar-refractivity contribution is 0.123. The van der Waals surface area contributed by atoms with Gasteiger partial charge in [0.2, 0.25) is 0 Å². The van der Waals surface area contributed by atoms with E-state index < -0.39 is 0 Å². The minimum Gasteiger partial charge on any atom is -0.309 e. The molecule has 1 aromatic carbocycles. The van der Waals surface area contributed by atoms with E-state index in [1.807, 2.05) is 0 Å². The van der Waals surface area contributed by atoms with Crippen LogP contribution >= 0.6 is 0 Å². The van der Waals surface area contributed by atoms with Crippen LogP contribution in [0.25, 0.3) is 0 Å². The SMILES string of the molecule is CCCNC(c1ccccc1)C(C)N(CC)C1CCCC1. The monoisotopic (exact) mass is 288 g/mol. The molecule has 21 heavy (non-hydrogen) atoms. The van der Waals surface area contributed by atoms with E-state index in [1.54, 1.807) is 0 Å². The summed E-state index contributed by atoms with van der Waals surface area (Å²) in [7, 11) is 0. The maximum Gasteiger partial charge on any atom is 0.0475 e. The molecule has 0 heterocycles. The molecule has 0 aliphatic heterocycles. The molecule has 2 unspecified atom stereocenters. The van der Waals surface area contributed by atoms with Gasteiger partial charge in [-0.3, -0.25) is 4.90 Å². The van der Waals surface area contributed by atoms with Crippen LogP contribution in [0, 0.1) is 0 Å². The summed E-state index contributed by atoms with van der Waals surface area (Å²) in [4.78, 5) is 2.73. The molecule has 0 bridgehead atoms. The van der Waals surface area contributed by atoms with Crippen molar-refractivity contribution in [2.24, 2.45) is 0 Å². The molecular formula is C19H32N2. The third-order valence-electron chi connectivity index (χ3n) is 4.94. The number of benzene rings is 1. The summed E-state index contributed by atoms with van der Waals surface area (Å²) < 4.78 is 0. The highest BCUT2D eigenvalue weighted by molar-refractivity contribution is 5.20. The zero-order valence-corrected chi connectivity index (χ0v) is 14.0. The van der Waals surface area contributed by atoms with Crippen molar-refractivity contribution in [1.29, 1.82) is 0 Å². The molecule has 1 aliphatic carbocycles. The summed E-state index contributed by atoms with van der Waals surface area (Å²) in [5, 5.41) is 3.78. The highest BCUT2D eigenvalue weighted by Gasteiger charge is 2.30. The predicted octanol–water partition coefficient (Wildman–Crippen LogP) is 4.38. The van der Waals surface area contributed by atoms with Gasteiger partial charge in [-0.05, 0) is 44.8 Å². The molecule has 0 radical (unpaired) electrons. The summed E-state index contributed by atoms with van der Waals surface area (Å²) in [6.45, 7) is 9.21. The third-order valence-corrected chi connectivity index (χ3v) is 4.94. The van der Waals surface area contributed by atoms with Gasteiger partial charge in [0.05, 0.1) is 0 Å². The molecule has 0 spiro atoms. The average Bonchev–Trinajstić information content (AvgIpc) is 3.04. The lowest BCUT2D eigenvalue weighted by Gasteiger charge is -2.39. The highest BCUT2D eigenvalue weighted by atomic mass is 15.2. The van der Waals surface area contributed by atoms with Crippen LogP contribution in [0.2, 0.25) is 0 Å².